The Balaban J connectivity index is 2.30. The maximum atomic E-state index is 12.3. The van der Waals surface area contributed by atoms with Gasteiger partial charge in [0.25, 0.3) is 0 Å². The zero-order valence-corrected chi connectivity index (χ0v) is 16.7. The predicted molar refractivity (Wildman–Crippen MR) is 105 cm³/mol. The number of nitrogens with zero attached hydrogens (tertiary/aromatic N) is 1. The van der Waals surface area contributed by atoms with Crippen molar-refractivity contribution in [1.82, 2.24) is 10.2 Å². The van der Waals surface area contributed by atoms with Gasteiger partial charge in [-0.2, -0.15) is 0 Å². The summed E-state index contributed by atoms with van der Waals surface area (Å²) >= 11 is 0. The van der Waals surface area contributed by atoms with Crippen molar-refractivity contribution in [2.75, 3.05) is 39.4 Å². The number of likely N-dealkylation sites (N-methyl/N-ethyl adjacent to an activating group) is 1. The van der Waals surface area contributed by atoms with Crippen LogP contribution in [0.25, 0.3) is 0 Å². The van der Waals surface area contributed by atoms with E-state index >= 15 is 0 Å². The van der Waals surface area contributed by atoms with Gasteiger partial charge in [0.05, 0.1) is 13.2 Å². The number of benzene rings is 1. The molecular formula is C21H36N2O2. The van der Waals surface area contributed by atoms with Gasteiger partial charge >= 0.3 is 0 Å². The number of ether oxygens (including phenoxy) is 1. The fourth-order valence-corrected chi connectivity index (χ4v) is 2.92. The van der Waals surface area contributed by atoms with Crippen LogP contribution in [0.15, 0.2) is 24.3 Å². The molecule has 1 unspecified atom stereocenters. The number of carbonyl (C=O) groups is 1. The molecule has 0 heterocycles. The molecule has 0 bridgehead atoms. The topological polar surface area (TPSA) is 41.6 Å². The maximum Gasteiger partial charge on any atom is 0.220 e. The molecule has 1 aromatic rings. The number of aryl methyl sites for hydroxylation is 1. The van der Waals surface area contributed by atoms with E-state index in [-0.39, 0.29) is 11.8 Å². The van der Waals surface area contributed by atoms with Crippen molar-refractivity contribution in [2.24, 2.45) is 5.92 Å². The Morgan fingerprint density at radius 3 is 2.32 bits per heavy atom. The van der Waals surface area contributed by atoms with Crippen LogP contribution >= 0.6 is 0 Å². The number of nitrogens with one attached hydrogen (secondary N) is 1. The highest BCUT2D eigenvalue weighted by Crippen LogP contribution is 2.28. The van der Waals surface area contributed by atoms with E-state index in [1.165, 1.54) is 11.1 Å². The van der Waals surface area contributed by atoms with Crippen molar-refractivity contribution in [2.45, 2.75) is 47.0 Å². The van der Waals surface area contributed by atoms with Crippen LogP contribution in [0.4, 0.5) is 0 Å². The van der Waals surface area contributed by atoms with E-state index in [1.807, 2.05) is 0 Å². The van der Waals surface area contributed by atoms with Crippen LogP contribution < -0.4 is 5.32 Å². The Morgan fingerprint density at radius 2 is 1.76 bits per heavy atom. The van der Waals surface area contributed by atoms with Gasteiger partial charge in [-0.1, -0.05) is 57.5 Å². The lowest BCUT2D eigenvalue weighted by Crippen LogP contribution is -2.31. The van der Waals surface area contributed by atoms with Gasteiger partial charge in [-0.3, -0.25) is 4.79 Å². The minimum atomic E-state index is 0.103. The van der Waals surface area contributed by atoms with Crippen molar-refractivity contribution < 1.29 is 9.53 Å². The molecule has 0 aromatic heterocycles. The Morgan fingerprint density at radius 1 is 1.12 bits per heavy atom. The van der Waals surface area contributed by atoms with Gasteiger partial charge in [0.2, 0.25) is 5.91 Å². The normalized spacial score (nSPS) is 12.6. The number of hydrogen-bond acceptors (Lipinski definition) is 3. The average molecular weight is 349 g/mol. The average Bonchev–Trinajstić information content (AvgIpc) is 2.60. The Hall–Kier alpha value is -1.39. The lowest BCUT2D eigenvalue weighted by molar-refractivity contribution is -0.121. The second-order valence-electron chi connectivity index (χ2n) is 6.95. The summed E-state index contributed by atoms with van der Waals surface area (Å²) < 4.78 is 5.61. The van der Waals surface area contributed by atoms with Gasteiger partial charge in [0, 0.05) is 19.5 Å². The second kappa shape index (κ2) is 12.0. The molecule has 0 aliphatic heterocycles. The fourth-order valence-electron chi connectivity index (χ4n) is 2.92. The summed E-state index contributed by atoms with van der Waals surface area (Å²) in [5.74, 6) is 0.787. The molecule has 1 N–H and O–H groups in total. The third-order valence-electron chi connectivity index (χ3n) is 4.73. The molecule has 0 aliphatic carbocycles. The first-order valence-electron chi connectivity index (χ1n) is 9.61. The van der Waals surface area contributed by atoms with Crippen molar-refractivity contribution in [3.63, 3.8) is 0 Å². The second-order valence-corrected chi connectivity index (χ2v) is 6.95. The SMILES string of the molecule is CCN(CC)CCOCCNC(=O)CC(c1ccc(C)cc1)C(C)C. The van der Waals surface area contributed by atoms with E-state index in [2.05, 4.69) is 69.1 Å². The molecule has 1 rings (SSSR count). The molecule has 4 nitrogen and oxygen atoms in total. The Labute approximate surface area is 153 Å². The molecule has 1 atom stereocenters. The smallest absolute Gasteiger partial charge is 0.220 e. The molecule has 1 amide bonds. The van der Waals surface area contributed by atoms with Crippen molar-refractivity contribution >= 4 is 5.91 Å². The molecule has 0 saturated carbocycles. The van der Waals surface area contributed by atoms with Crippen molar-refractivity contribution in [3.05, 3.63) is 35.4 Å². The van der Waals surface area contributed by atoms with Crippen molar-refractivity contribution in [1.29, 1.82) is 0 Å². The zero-order chi connectivity index (χ0) is 18.7. The van der Waals surface area contributed by atoms with E-state index in [1.54, 1.807) is 0 Å². The molecule has 0 fully saturated rings. The van der Waals surface area contributed by atoms with Crippen LogP contribution in [0, 0.1) is 12.8 Å². The van der Waals surface area contributed by atoms with E-state index in [0.29, 0.717) is 25.5 Å². The van der Waals surface area contributed by atoms with E-state index in [9.17, 15) is 4.79 Å². The first-order chi connectivity index (χ1) is 12.0. The maximum absolute atomic E-state index is 12.3. The van der Waals surface area contributed by atoms with Gasteiger partial charge in [-0.25, -0.2) is 0 Å². The molecule has 0 aliphatic rings. The van der Waals surface area contributed by atoms with Crippen LogP contribution in [-0.4, -0.2) is 50.2 Å². The predicted octanol–water partition coefficient (Wildman–Crippen LogP) is 3.60. The first kappa shape index (κ1) is 21.7. The molecule has 1 aromatic carbocycles. The number of hydrogen-bond donors (Lipinski definition) is 1. The largest absolute Gasteiger partial charge is 0.378 e. The summed E-state index contributed by atoms with van der Waals surface area (Å²) in [7, 11) is 0. The Bertz CT molecular complexity index is 481. The van der Waals surface area contributed by atoms with E-state index < -0.39 is 0 Å². The highest BCUT2D eigenvalue weighted by molar-refractivity contribution is 5.76. The van der Waals surface area contributed by atoms with Gasteiger partial charge < -0.3 is 15.0 Å². The highest BCUT2D eigenvalue weighted by Gasteiger charge is 2.19. The lowest BCUT2D eigenvalue weighted by atomic mass is 9.85. The van der Waals surface area contributed by atoms with Crippen LogP contribution in [0.3, 0.4) is 0 Å². The van der Waals surface area contributed by atoms with E-state index in [0.717, 1.165) is 26.2 Å². The minimum absolute atomic E-state index is 0.103. The third-order valence-corrected chi connectivity index (χ3v) is 4.73. The third kappa shape index (κ3) is 8.50. The summed E-state index contributed by atoms with van der Waals surface area (Å²) in [6.45, 7) is 15.7. The standard InChI is InChI=1S/C21H36N2O2/c1-6-23(7-2)13-15-25-14-12-22-21(24)16-20(17(3)4)19-10-8-18(5)9-11-19/h8-11,17,20H,6-7,12-16H2,1-5H3,(H,22,24). The van der Waals surface area contributed by atoms with Crippen LogP contribution in [0.5, 0.6) is 0 Å². The summed E-state index contributed by atoms with van der Waals surface area (Å²) in [6, 6.07) is 8.52. The molecular weight excluding hydrogens is 312 g/mol. The van der Waals surface area contributed by atoms with Gasteiger partial charge in [-0.15, -0.1) is 0 Å². The van der Waals surface area contributed by atoms with Crippen LogP contribution in [0.2, 0.25) is 0 Å². The first-order valence-corrected chi connectivity index (χ1v) is 9.61. The quantitative estimate of drug-likeness (QED) is 0.587. The Kier molecular flexibility index (Phi) is 10.4. The summed E-state index contributed by atoms with van der Waals surface area (Å²) in [6.07, 6.45) is 0.528. The van der Waals surface area contributed by atoms with Gasteiger partial charge in [0.15, 0.2) is 0 Å². The minimum Gasteiger partial charge on any atom is -0.378 e. The number of rotatable bonds is 12. The van der Waals surface area contributed by atoms with E-state index in [4.69, 9.17) is 4.74 Å². The summed E-state index contributed by atoms with van der Waals surface area (Å²) in [4.78, 5) is 14.6. The van der Waals surface area contributed by atoms with Crippen molar-refractivity contribution in [3.8, 4) is 0 Å². The van der Waals surface area contributed by atoms with Crippen LogP contribution in [0.1, 0.15) is 51.2 Å². The molecule has 0 radical (unpaired) electrons. The zero-order valence-electron chi connectivity index (χ0n) is 16.7. The molecule has 0 saturated heterocycles. The van der Waals surface area contributed by atoms with Crippen LogP contribution in [-0.2, 0) is 9.53 Å². The lowest BCUT2D eigenvalue weighted by Gasteiger charge is -2.21. The molecule has 4 heteroatoms. The van der Waals surface area contributed by atoms with Gasteiger partial charge in [0.1, 0.15) is 0 Å². The fraction of sp³-hybridized carbons (Fsp3) is 0.667. The monoisotopic (exact) mass is 348 g/mol. The summed E-state index contributed by atoms with van der Waals surface area (Å²) in [5, 5.41) is 2.99. The number of amides is 1. The molecule has 0 spiro atoms. The number of carbonyl (C=O) groups excluding carboxylic acids is 1. The summed E-state index contributed by atoms with van der Waals surface area (Å²) in [5.41, 5.74) is 2.49. The molecule has 142 valence electrons. The molecule has 25 heavy (non-hydrogen) atoms. The highest BCUT2D eigenvalue weighted by atomic mass is 16.5. The van der Waals surface area contributed by atoms with Gasteiger partial charge in [-0.05, 0) is 37.4 Å².